The predicted octanol–water partition coefficient (Wildman–Crippen LogP) is 2.37. The second kappa shape index (κ2) is 6.98. The molecular formula is C12H14F3NO3. The Morgan fingerprint density at radius 2 is 2.11 bits per heavy atom. The average Bonchev–Trinajstić information content (AvgIpc) is 2.27. The van der Waals surface area contributed by atoms with E-state index in [2.05, 4.69) is 4.84 Å². The van der Waals surface area contributed by atoms with Crippen molar-refractivity contribution in [2.45, 2.75) is 19.5 Å². The fourth-order valence-corrected chi connectivity index (χ4v) is 1.22. The van der Waals surface area contributed by atoms with Gasteiger partial charge in [0, 0.05) is 0 Å². The van der Waals surface area contributed by atoms with Gasteiger partial charge >= 0.3 is 6.18 Å². The lowest BCUT2D eigenvalue weighted by molar-refractivity contribution is -0.191. The number of hydrogen-bond acceptors (Lipinski definition) is 3. The third-order valence-electron chi connectivity index (χ3n) is 2.01. The van der Waals surface area contributed by atoms with Crippen molar-refractivity contribution in [3.05, 3.63) is 29.8 Å². The highest BCUT2D eigenvalue weighted by molar-refractivity contribution is 5.74. The van der Waals surface area contributed by atoms with Crippen molar-refractivity contribution in [2.24, 2.45) is 0 Å². The molecule has 1 rings (SSSR count). The summed E-state index contributed by atoms with van der Waals surface area (Å²) in [6.07, 6.45) is -4.56. The second-order valence-electron chi connectivity index (χ2n) is 3.84. The minimum absolute atomic E-state index is 0.0602. The van der Waals surface area contributed by atoms with Gasteiger partial charge in [0.1, 0.15) is 5.75 Å². The number of halogens is 3. The van der Waals surface area contributed by atoms with Crippen molar-refractivity contribution >= 4 is 5.91 Å². The molecule has 1 amide bonds. The molecule has 4 nitrogen and oxygen atoms in total. The fraction of sp³-hybridized carbons (Fsp3) is 0.417. The number of alkyl halides is 3. The summed E-state index contributed by atoms with van der Waals surface area (Å²) >= 11 is 0. The summed E-state index contributed by atoms with van der Waals surface area (Å²) in [6.45, 7) is 0.437. The number of hydroxylamine groups is 1. The van der Waals surface area contributed by atoms with E-state index in [1.807, 2.05) is 13.0 Å². The summed E-state index contributed by atoms with van der Waals surface area (Å²) in [6, 6.07) is 7.21. The zero-order valence-electron chi connectivity index (χ0n) is 10.3. The maximum atomic E-state index is 11.7. The van der Waals surface area contributed by atoms with Gasteiger partial charge in [0.15, 0.2) is 6.61 Å². The molecule has 0 bridgehead atoms. The first kappa shape index (κ1) is 15.3. The number of carbonyl (C=O) groups excluding carboxylic acids is 1. The second-order valence-corrected chi connectivity index (χ2v) is 3.84. The Balaban J connectivity index is 2.17. The smallest absolute Gasteiger partial charge is 0.414 e. The van der Waals surface area contributed by atoms with Crippen molar-refractivity contribution in [2.75, 3.05) is 13.2 Å². The van der Waals surface area contributed by atoms with E-state index in [1.165, 1.54) is 0 Å². The zero-order valence-corrected chi connectivity index (χ0v) is 10.3. The van der Waals surface area contributed by atoms with Crippen molar-refractivity contribution in [1.82, 2.24) is 5.48 Å². The van der Waals surface area contributed by atoms with Crippen LogP contribution in [0, 0.1) is 6.92 Å². The predicted molar refractivity (Wildman–Crippen MR) is 61.4 cm³/mol. The quantitative estimate of drug-likeness (QED) is 0.812. The molecule has 1 aromatic rings. The van der Waals surface area contributed by atoms with Crippen LogP contribution in [0.2, 0.25) is 0 Å². The van der Waals surface area contributed by atoms with Crippen molar-refractivity contribution < 1.29 is 27.5 Å². The number of carbonyl (C=O) groups is 1. The van der Waals surface area contributed by atoms with Crippen molar-refractivity contribution in [1.29, 1.82) is 0 Å². The van der Waals surface area contributed by atoms with E-state index in [0.717, 1.165) is 5.56 Å². The van der Waals surface area contributed by atoms with Gasteiger partial charge in [0.25, 0.3) is 0 Å². The molecule has 0 radical (unpaired) electrons. The highest BCUT2D eigenvalue weighted by atomic mass is 19.4. The zero-order chi connectivity index (χ0) is 14.3. The molecule has 0 spiro atoms. The number of hydrogen-bond donors (Lipinski definition) is 1. The molecule has 0 saturated heterocycles. The summed E-state index contributed by atoms with van der Waals surface area (Å²) in [5.74, 6) is -0.0686. The normalized spacial score (nSPS) is 11.2. The van der Waals surface area contributed by atoms with E-state index in [9.17, 15) is 18.0 Å². The minimum atomic E-state index is -4.47. The molecule has 0 saturated carbocycles. The van der Waals surface area contributed by atoms with Crippen LogP contribution in [0.15, 0.2) is 24.3 Å². The first-order valence-corrected chi connectivity index (χ1v) is 5.54. The number of aryl methyl sites for hydroxylation is 1. The molecule has 0 atom stereocenters. The van der Waals surface area contributed by atoms with Gasteiger partial charge in [-0.25, -0.2) is 5.48 Å². The van der Waals surface area contributed by atoms with E-state index >= 15 is 0 Å². The Bertz CT molecular complexity index is 421. The molecule has 0 fully saturated rings. The van der Waals surface area contributed by atoms with Crippen molar-refractivity contribution in [3.63, 3.8) is 0 Å². The number of nitrogens with one attached hydrogen (secondary N) is 1. The lowest BCUT2D eigenvalue weighted by Crippen LogP contribution is -2.30. The SMILES string of the molecule is Cc1cccc(OCCC(=O)NOCC(F)(F)F)c1. The van der Waals surface area contributed by atoms with E-state index < -0.39 is 18.7 Å². The standard InChI is InChI=1S/C12H14F3NO3/c1-9-3-2-4-10(7-9)18-6-5-11(17)16-19-8-12(13,14)15/h2-4,7H,5-6,8H2,1H3,(H,16,17). The first-order chi connectivity index (χ1) is 8.87. The molecule has 106 valence electrons. The Labute approximate surface area is 108 Å². The summed E-state index contributed by atoms with van der Waals surface area (Å²) in [7, 11) is 0. The highest BCUT2D eigenvalue weighted by Crippen LogP contribution is 2.14. The molecule has 0 aromatic heterocycles. The molecule has 1 N–H and O–H groups in total. The Morgan fingerprint density at radius 3 is 2.74 bits per heavy atom. The first-order valence-electron chi connectivity index (χ1n) is 5.54. The molecule has 0 aliphatic carbocycles. The summed E-state index contributed by atoms with van der Waals surface area (Å²) < 4.78 is 40.4. The maximum absolute atomic E-state index is 11.7. The van der Waals surface area contributed by atoms with Crippen LogP contribution in [0.25, 0.3) is 0 Å². The topological polar surface area (TPSA) is 47.6 Å². The number of rotatable bonds is 6. The number of ether oxygens (including phenoxy) is 1. The lowest BCUT2D eigenvalue weighted by Gasteiger charge is -2.09. The van der Waals surface area contributed by atoms with Gasteiger partial charge in [0.05, 0.1) is 13.0 Å². The van der Waals surface area contributed by atoms with Gasteiger partial charge in [-0.15, -0.1) is 0 Å². The van der Waals surface area contributed by atoms with Crippen LogP contribution >= 0.6 is 0 Å². The van der Waals surface area contributed by atoms with Gasteiger partial charge in [-0.05, 0) is 24.6 Å². The van der Waals surface area contributed by atoms with Crippen LogP contribution in [-0.2, 0) is 9.63 Å². The molecule has 7 heteroatoms. The Hall–Kier alpha value is -1.76. The molecular weight excluding hydrogens is 263 g/mol. The molecule has 19 heavy (non-hydrogen) atoms. The molecule has 1 aromatic carbocycles. The molecule has 0 unspecified atom stereocenters. The highest BCUT2D eigenvalue weighted by Gasteiger charge is 2.28. The van der Waals surface area contributed by atoms with E-state index in [4.69, 9.17) is 4.74 Å². The fourth-order valence-electron chi connectivity index (χ4n) is 1.22. The van der Waals surface area contributed by atoms with Gasteiger partial charge in [-0.1, -0.05) is 12.1 Å². The van der Waals surface area contributed by atoms with Gasteiger partial charge in [-0.3, -0.25) is 9.63 Å². The molecule has 0 aliphatic rings. The summed E-state index contributed by atoms with van der Waals surface area (Å²) in [4.78, 5) is 15.1. The third kappa shape index (κ3) is 7.30. The van der Waals surface area contributed by atoms with E-state index in [-0.39, 0.29) is 13.0 Å². The monoisotopic (exact) mass is 277 g/mol. The lowest BCUT2D eigenvalue weighted by atomic mass is 10.2. The Kier molecular flexibility index (Phi) is 5.62. The largest absolute Gasteiger partial charge is 0.493 e. The maximum Gasteiger partial charge on any atom is 0.414 e. The van der Waals surface area contributed by atoms with E-state index in [0.29, 0.717) is 5.75 Å². The van der Waals surface area contributed by atoms with Crippen LogP contribution in [-0.4, -0.2) is 25.3 Å². The van der Waals surface area contributed by atoms with Crippen LogP contribution in [0.3, 0.4) is 0 Å². The number of benzene rings is 1. The van der Waals surface area contributed by atoms with Crippen LogP contribution in [0.1, 0.15) is 12.0 Å². The summed E-state index contributed by atoms with van der Waals surface area (Å²) in [5, 5.41) is 0. The third-order valence-corrected chi connectivity index (χ3v) is 2.01. The van der Waals surface area contributed by atoms with Gasteiger partial charge < -0.3 is 4.74 Å². The van der Waals surface area contributed by atoms with E-state index in [1.54, 1.807) is 23.7 Å². The van der Waals surface area contributed by atoms with Crippen LogP contribution in [0.4, 0.5) is 13.2 Å². The van der Waals surface area contributed by atoms with Crippen LogP contribution in [0.5, 0.6) is 5.75 Å². The average molecular weight is 277 g/mol. The van der Waals surface area contributed by atoms with Gasteiger partial charge in [-0.2, -0.15) is 13.2 Å². The minimum Gasteiger partial charge on any atom is -0.493 e. The van der Waals surface area contributed by atoms with Crippen LogP contribution < -0.4 is 10.2 Å². The molecule has 0 aliphatic heterocycles. The summed E-state index contributed by atoms with van der Waals surface area (Å²) in [5.41, 5.74) is 2.71. The Morgan fingerprint density at radius 1 is 1.37 bits per heavy atom. The number of amides is 1. The molecule has 0 heterocycles. The van der Waals surface area contributed by atoms with Crippen molar-refractivity contribution in [3.8, 4) is 5.75 Å². The van der Waals surface area contributed by atoms with Gasteiger partial charge in [0.2, 0.25) is 5.91 Å².